The maximum atomic E-state index is 13.8. The molecule has 0 unspecified atom stereocenters. The summed E-state index contributed by atoms with van der Waals surface area (Å²) >= 11 is 0. The molecule has 1 saturated heterocycles. The van der Waals surface area contributed by atoms with Crippen molar-refractivity contribution in [3.63, 3.8) is 0 Å². The number of nitrogens with zero attached hydrogens (tertiary/aromatic N) is 6. The van der Waals surface area contributed by atoms with Crippen molar-refractivity contribution in [3.05, 3.63) is 118 Å². The zero-order chi connectivity index (χ0) is 31.1. The number of nitrogens with two attached hydrogens (primary N) is 1. The van der Waals surface area contributed by atoms with E-state index in [4.69, 9.17) is 5.73 Å². The lowest BCUT2D eigenvalue weighted by atomic mass is 9.94. The molecule has 4 aromatic heterocycles. The summed E-state index contributed by atoms with van der Waals surface area (Å²) in [4.78, 5) is 31.9. The SMILES string of the molecule is Cc1c(-c2cnn(C)c2)cc(C(=O)Cc2ccc(-c3cc(C4CCNCC4)n4ncnc(N)c34)cc2)c(=O)n1-c1ccccc1. The van der Waals surface area contributed by atoms with Crippen molar-refractivity contribution in [1.29, 1.82) is 0 Å². The predicted molar refractivity (Wildman–Crippen MR) is 175 cm³/mol. The van der Waals surface area contributed by atoms with E-state index >= 15 is 0 Å². The van der Waals surface area contributed by atoms with Gasteiger partial charge in [0.15, 0.2) is 11.6 Å². The van der Waals surface area contributed by atoms with E-state index in [-0.39, 0.29) is 23.3 Å². The molecule has 2 aromatic carbocycles. The number of fused-ring (bicyclic) bond motifs is 1. The van der Waals surface area contributed by atoms with Crippen LogP contribution in [0.25, 0.3) is 33.5 Å². The van der Waals surface area contributed by atoms with Crippen molar-refractivity contribution in [2.45, 2.75) is 32.1 Å². The number of nitrogens with one attached hydrogen (secondary N) is 1. The van der Waals surface area contributed by atoms with Crippen LogP contribution in [0, 0.1) is 6.92 Å². The highest BCUT2D eigenvalue weighted by Crippen LogP contribution is 2.36. The number of carbonyl (C=O) groups excluding carboxylic acids is 1. The van der Waals surface area contributed by atoms with Crippen molar-refractivity contribution in [1.82, 2.24) is 34.3 Å². The van der Waals surface area contributed by atoms with Gasteiger partial charge in [0.25, 0.3) is 5.56 Å². The number of anilines is 1. The Hall–Kier alpha value is -5.35. The zero-order valence-electron chi connectivity index (χ0n) is 25.3. The van der Waals surface area contributed by atoms with Crippen LogP contribution in [0.2, 0.25) is 0 Å². The first-order valence-electron chi connectivity index (χ1n) is 15.2. The van der Waals surface area contributed by atoms with Gasteiger partial charge in [0.2, 0.25) is 0 Å². The normalized spacial score (nSPS) is 13.8. The van der Waals surface area contributed by atoms with E-state index in [1.54, 1.807) is 21.5 Å². The Balaban J connectivity index is 1.23. The summed E-state index contributed by atoms with van der Waals surface area (Å²) in [7, 11) is 1.84. The fourth-order valence-corrected chi connectivity index (χ4v) is 6.45. The molecule has 3 N–H and O–H groups in total. The van der Waals surface area contributed by atoms with Gasteiger partial charge in [-0.05, 0) is 68.2 Å². The molecule has 1 fully saturated rings. The molecule has 0 bridgehead atoms. The summed E-state index contributed by atoms with van der Waals surface area (Å²) in [5, 5.41) is 12.3. The topological polar surface area (TPSA) is 125 Å². The zero-order valence-corrected chi connectivity index (χ0v) is 25.3. The van der Waals surface area contributed by atoms with Crippen LogP contribution in [0.15, 0.2) is 90.2 Å². The summed E-state index contributed by atoms with van der Waals surface area (Å²) in [5.74, 6) is 0.561. The first-order valence-corrected chi connectivity index (χ1v) is 15.2. The quantitative estimate of drug-likeness (QED) is 0.255. The van der Waals surface area contributed by atoms with Crippen molar-refractivity contribution in [2.24, 2.45) is 7.05 Å². The third-order valence-electron chi connectivity index (χ3n) is 8.78. The van der Waals surface area contributed by atoms with Crippen LogP contribution in [0.1, 0.15) is 46.1 Å². The third-order valence-corrected chi connectivity index (χ3v) is 8.78. The van der Waals surface area contributed by atoms with E-state index in [0.717, 1.165) is 70.7 Å². The number of hydrogen-bond acceptors (Lipinski definition) is 7. The molecule has 0 aliphatic carbocycles. The molecule has 7 rings (SSSR count). The number of hydrogen-bond donors (Lipinski definition) is 2. The lowest BCUT2D eigenvalue weighted by Gasteiger charge is -2.22. The first-order chi connectivity index (χ1) is 21.9. The number of aryl methyl sites for hydroxylation is 1. The first kappa shape index (κ1) is 28.4. The monoisotopic (exact) mass is 598 g/mol. The molecular weight excluding hydrogens is 564 g/mol. The summed E-state index contributed by atoms with van der Waals surface area (Å²) in [6.07, 6.45) is 7.28. The number of benzene rings is 2. The van der Waals surface area contributed by atoms with Crippen LogP contribution in [-0.4, -0.2) is 47.8 Å². The second kappa shape index (κ2) is 11.6. The highest BCUT2D eigenvalue weighted by molar-refractivity contribution is 5.98. The molecule has 10 heteroatoms. The fourth-order valence-electron chi connectivity index (χ4n) is 6.45. The number of carbonyl (C=O) groups is 1. The smallest absolute Gasteiger partial charge is 0.266 e. The minimum absolute atomic E-state index is 0.0853. The Kier molecular flexibility index (Phi) is 7.34. The summed E-state index contributed by atoms with van der Waals surface area (Å²) in [6.45, 7) is 3.83. The molecule has 5 heterocycles. The Bertz CT molecular complexity index is 2080. The van der Waals surface area contributed by atoms with Crippen LogP contribution < -0.4 is 16.6 Å². The summed E-state index contributed by atoms with van der Waals surface area (Å²) in [5.41, 5.74) is 13.9. The number of ketones is 1. The van der Waals surface area contributed by atoms with Crippen molar-refractivity contribution in [3.8, 4) is 27.9 Å². The lowest BCUT2D eigenvalue weighted by Crippen LogP contribution is -2.28. The second-order valence-corrected chi connectivity index (χ2v) is 11.6. The molecule has 45 heavy (non-hydrogen) atoms. The van der Waals surface area contributed by atoms with Gasteiger partial charge in [-0.1, -0.05) is 42.5 Å². The maximum absolute atomic E-state index is 13.8. The highest BCUT2D eigenvalue weighted by Gasteiger charge is 2.24. The lowest BCUT2D eigenvalue weighted by molar-refractivity contribution is 0.0991. The van der Waals surface area contributed by atoms with Crippen LogP contribution in [0.5, 0.6) is 0 Å². The molecular formula is C35H34N8O2. The van der Waals surface area contributed by atoms with Crippen LogP contribution in [0.3, 0.4) is 0 Å². The number of rotatable bonds is 7. The molecule has 226 valence electrons. The van der Waals surface area contributed by atoms with E-state index in [1.807, 2.05) is 79.3 Å². The van der Waals surface area contributed by atoms with Gasteiger partial charge in [0.1, 0.15) is 11.8 Å². The average Bonchev–Trinajstić information content (AvgIpc) is 3.67. The van der Waals surface area contributed by atoms with E-state index in [1.165, 1.54) is 6.33 Å². The van der Waals surface area contributed by atoms with Crippen LogP contribution in [-0.2, 0) is 13.5 Å². The van der Waals surface area contributed by atoms with E-state index in [0.29, 0.717) is 17.4 Å². The van der Waals surface area contributed by atoms with Crippen LogP contribution in [0.4, 0.5) is 5.82 Å². The van der Waals surface area contributed by atoms with Gasteiger partial charge < -0.3 is 11.1 Å². The summed E-state index contributed by atoms with van der Waals surface area (Å²) < 4.78 is 5.25. The molecule has 10 nitrogen and oxygen atoms in total. The third kappa shape index (κ3) is 5.23. The molecule has 0 radical (unpaired) electrons. The van der Waals surface area contributed by atoms with Crippen molar-refractivity contribution in [2.75, 3.05) is 18.8 Å². The largest absolute Gasteiger partial charge is 0.382 e. The Morgan fingerprint density at radius 2 is 1.73 bits per heavy atom. The van der Waals surface area contributed by atoms with Gasteiger partial charge in [-0.2, -0.15) is 10.2 Å². The molecule has 1 aliphatic rings. The van der Waals surface area contributed by atoms with E-state index in [9.17, 15) is 9.59 Å². The molecule has 0 saturated carbocycles. The average molecular weight is 599 g/mol. The molecule has 0 atom stereocenters. The van der Waals surface area contributed by atoms with Gasteiger partial charge in [0, 0.05) is 59.3 Å². The molecule has 0 amide bonds. The number of pyridine rings is 1. The van der Waals surface area contributed by atoms with E-state index in [2.05, 4.69) is 26.6 Å². The number of nitrogen functional groups attached to an aromatic ring is 1. The predicted octanol–water partition coefficient (Wildman–Crippen LogP) is 4.73. The van der Waals surface area contributed by atoms with Gasteiger partial charge in [-0.25, -0.2) is 9.50 Å². The fraction of sp³-hybridized carbons (Fsp3) is 0.229. The van der Waals surface area contributed by atoms with Crippen molar-refractivity contribution < 1.29 is 4.79 Å². The molecule has 6 aromatic rings. The number of aromatic nitrogens is 6. The minimum Gasteiger partial charge on any atom is -0.382 e. The number of piperidine rings is 1. The van der Waals surface area contributed by atoms with Gasteiger partial charge in [-0.15, -0.1) is 0 Å². The Morgan fingerprint density at radius 1 is 0.978 bits per heavy atom. The Labute approximate surface area is 260 Å². The van der Waals surface area contributed by atoms with Gasteiger partial charge in [0.05, 0.1) is 11.8 Å². The summed E-state index contributed by atoms with van der Waals surface area (Å²) in [6, 6.07) is 21.1. The number of para-hydroxylation sites is 1. The van der Waals surface area contributed by atoms with Crippen molar-refractivity contribution >= 4 is 17.1 Å². The molecule has 1 aliphatic heterocycles. The second-order valence-electron chi connectivity index (χ2n) is 11.6. The Morgan fingerprint density at radius 3 is 2.44 bits per heavy atom. The molecule has 0 spiro atoms. The standard InChI is InChI=1S/C35H34N8O2/c1-22-28(26-19-39-41(2)20-26)17-30(35(45)42(22)27-6-4-3-5-7-27)32(44)16-23-8-10-24(11-9-23)29-18-31(25-12-14-37-15-13-25)43-33(29)34(36)38-21-40-43/h3-11,17-21,25,37H,12-16H2,1-2H3,(H2,36,38,40). The highest BCUT2D eigenvalue weighted by atomic mass is 16.1. The van der Waals surface area contributed by atoms with Crippen LogP contribution >= 0.6 is 0 Å². The van der Waals surface area contributed by atoms with Gasteiger partial charge in [-0.3, -0.25) is 18.8 Å². The maximum Gasteiger partial charge on any atom is 0.266 e. The van der Waals surface area contributed by atoms with E-state index < -0.39 is 0 Å². The van der Waals surface area contributed by atoms with Gasteiger partial charge >= 0.3 is 0 Å². The number of Topliss-reactive ketones (excluding diaryl/α,β-unsaturated/α-hetero) is 1. The minimum atomic E-state index is -0.339.